The van der Waals surface area contributed by atoms with Crippen LogP contribution in [0.3, 0.4) is 0 Å². The molecule has 0 saturated carbocycles. The summed E-state index contributed by atoms with van der Waals surface area (Å²) in [5.74, 6) is 0. The van der Waals surface area contributed by atoms with Gasteiger partial charge in [0.2, 0.25) is 0 Å². The fourth-order valence-electron chi connectivity index (χ4n) is 1.80. The normalized spacial score (nSPS) is 17.9. The summed E-state index contributed by atoms with van der Waals surface area (Å²) in [4.78, 5) is 2.67. The second-order valence-corrected chi connectivity index (χ2v) is 7.56. The molecule has 0 unspecified atom stereocenters. The number of nitrogens with zero attached hydrogens (tertiary/aromatic N) is 3. The molecule has 1 aliphatic rings. The summed E-state index contributed by atoms with van der Waals surface area (Å²) in [6, 6.07) is 9.78. The van der Waals surface area contributed by atoms with Crippen molar-refractivity contribution in [3.63, 3.8) is 0 Å². The zero-order valence-electron chi connectivity index (χ0n) is 12.8. The Morgan fingerprint density at radius 2 is 1.91 bits per heavy atom. The number of hydrogen-bond acceptors (Lipinski definition) is 7. The molecule has 23 heavy (non-hydrogen) atoms. The first-order chi connectivity index (χ1) is 10.8. The molecule has 0 amide bonds. The molecule has 0 radical (unpaired) electrons. The number of thioether (sulfide) groups is 1. The second-order valence-electron chi connectivity index (χ2n) is 4.94. The molecular formula is C15H15N3O3S2. The van der Waals surface area contributed by atoms with E-state index in [1.54, 1.807) is 12.2 Å². The van der Waals surface area contributed by atoms with E-state index in [9.17, 15) is 13.7 Å². The maximum absolute atomic E-state index is 10.9. The first kappa shape index (κ1) is 17.1. The van der Waals surface area contributed by atoms with Crippen molar-refractivity contribution in [2.45, 2.75) is 0 Å². The molecule has 0 atom stereocenters. The van der Waals surface area contributed by atoms with Crippen LogP contribution in [0.2, 0.25) is 0 Å². The summed E-state index contributed by atoms with van der Waals surface area (Å²) in [7, 11) is 0.246. The molecule has 8 heteroatoms. The molecule has 0 spiro atoms. The summed E-state index contributed by atoms with van der Waals surface area (Å²) in [5.41, 5.74) is 2.33. The van der Waals surface area contributed by atoms with Crippen molar-refractivity contribution in [3.05, 3.63) is 46.9 Å². The number of oxime groups is 1. The van der Waals surface area contributed by atoms with Gasteiger partial charge in [-0.05, 0) is 29.8 Å². The van der Waals surface area contributed by atoms with Gasteiger partial charge in [0.05, 0.1) is 11.8 Å². The summed E-state index contributed by atoms with van der Waals surface area (Å²) < 4.78 is 26.3. The van der Waals surface area contributed by atoms with Crippen molar-refractivity contribution in [2.24, 2.45) is 5.16 Å². The zero-order valence-corrected chi connectivity index (χ0v) is 14.5. The Balaban J connectivity index is 2.26. The standard InChI is InChI=1S/C15H15N3O3S2/c1-18(2)12-6-4-11(5-7-12)13(10-16)14-8-9-15(22-14)17-21-23(3,19)20/h4-9H,1-3H3/b14-13-,17-15+. The Morgan fingerprint density at radius 3 is 2.43 bits per heavy atom. The summed E-state index contributed by atoms with van der Waals surface area (Å²) in [6.07, 6.45) is 4.24. The SMILES string of the molecule is CN(C)c1ccc(/C(C#N)=C2C=C/C(=N\OS(C)(=O)=O)S/2)cc1. The molecule has 0 bridgehead atoms. The minimum atomic E-state index is -3.64. The highest BCUT2D eigenvalue weighted by atomic mass is 32.2. The van der Waals surface area contributed by atoms with Crippen molar-refractivity contribution in [1.82, 2.24) is 0 Å². The highest BCUT2D eigenvalue weighted by molar-refractivity contribution is 8.18. The third-order valence-electron chi connectivity index (χ3n) is 2.89. The van der Waals surface area contributed by atoms with Gasteiger partial charge in [0.1, 0.15) is 11.1 Å². The lowest BCUT2D eigenvalue weighted by Gasteiger charge is -2.12. The van der Waals surface area contributed by atoms with Gasteiger partial charge in [-0.1, -0.05) is 29.1 Å². The quantitative estimate of drug-likeness (QED) is 0.614. The maximum Gasteiger partial charge on any atom is 0.325 e. The van der Waals surface area contributed by atoms with Crippen LogP contribution in [0.4, 0.5) is 5.69 Å². The van der Waals surface area contributed by atoms with E-state index in [4.69, 9.17) is 0 Å². The van der Waals surface area contributed by atoms with Crippen LogP contribution >= 0.6 is 11.8 Å². The van der Waals surface area contributed by atoms with Gasteiger partial charge in [0, 0.05) is 24.7 Å². The smallest absolute Gasteiger partial charge is 0.325 e. The molecule has 2 rings (SSSR count). The number of anilines is 1. The third kappa shape index (κ3) is 4.61. The van der Waals surface area contributed by atoms with Crippen LogP contribution < -0.4 is 4.90 Å². The Kier molecular flexibility index (Phi) is 5.13. The Bertz CT molecular complexity index is 830. The van der Waals surface area contributed by atoms with Crippen LogP contribution in [-0.2, 0) is 14.4 Å². The van der Waals surface area contributed by atoms with Crippen LogP contribution in [0, 0.1) is 11.3 Å². The molecule has 1 aliphatic heterocycles. The van der Waals surface area contributed by atoms with Crippen LogP contribution in [0.1, 0.15) is 5.56 Å². The molecule has 120 valence electrons. The molecule has 1 aromatic rings. The lowest BCUT2D eigenvalue weighted by Crippen LogP contribution is -2.08. The topological polar surface area (TPSA) is 82.8 Å². The van der Waals surface area contributed by atoms with Crippen LogP contribution in [0.15, 0.2) is 46.5 Å². The minimum Gasteiger partial charge on any atom is -0.378 e. The van der Waals surface area contributed by atoms with Gasteiger partial charge in [-0.25, -0.2) is 0 Å². The molecule has 0 aliphatic carbocycles. The van der Waals surface area contributed by atoms with Crippen molar-refractivity contribution in [3.8, 4) is 6.07 Å². The largest absolute Gasteiger partial charge is 0.378 e. The highest BCUT2D eigenvalue weighted by Gasteiger charge is 2.16. The first-order valence-corrected chi connectivity index (χ1v) is 9.18. The van der Waals surface area contributed by atoms with Gasteiger partial charge in [0.25, 0.3) is 0 Å². The van der Waals surface area contributed by atoms with E-state index in [1.807, 2.05) is 43.3 Å². The monoisotopic (exact) mass is 349 g/mol. The maximum atomic E-state index is 10.9. The first-order valence-electron chi connectivity index (χ1n) is 6.55. The molecule has 0 fully saturated rings. The lowest BCUT2D eigenvalue weighted by molar-refractivity contribution is 0.345. The fraction of sp³-hybridized carbons (Fsp3) is 0.200. The molecule has 6 nitrogen and oxygen atoms in total. The number of nitriles is 1. The lowest BCUT2D eigenvalue weighted by atomic mass is 10.1. The van der Waals surface area contributed by atoms with E-state index in [2.05, 4.69) is 15.5 Å². The molecule has 0 saturated heterocycles. The van der Waals surface area contributed by atoms with E-state index >= 15 is 0 Å². The molecule has 0 N–H and O–H groups in total. The van der Waals surface area contributed by atoms with Gasteiger partial charge in [-0.2, -0.15) is 13.7 Å². The van der Waals surface area contributed by atoms with Gasteiger partial charge in [-0.3, -0.25) is 4.28 Å². The fourth-order valence-corrected chi connectivity index (χ4v) is 2.90. The Labute approximate surface area is 139 Å². The summed E-state index contributed by atoms with van der Waals surface area (Å²) >= 11 is 1.19. The van der Waals surface area contributed by atoms with Gasteiger partial charge in [-0.15, -0.1) is 0 Å². The zero-order chi connectivity index (χ0) is 17.0. The van der Waals surface area contributed by atoms with E-state index in [0.29, 0.717) is 15.5 Å². The predicted octanol–water partition coefficient (Wildman–Crippen LogP) is 2.58. The third-order valence-corrected chi connectivity index (χ3v) is 4.21. The minimum absolute atomic E-state index is 0.378. The Hall–Kier alpha value is -2.24. The van der Waals surface area contributed by atoms with Crippen molar-refractivity contribution >= 4 is 38.2 Å². The number of allylic oxidation sites excluding steroid dienone is 2. The summed E-state index contributed by atoms with van der Waals surface area (Å²) in [6.45, 7) is 0. The summed E-state index contributed by atoms with van der Waals surface area (Å²) in [5, 5.41) is 13.4. The number of hydrogen-bond donors (Lipinski definition) is 0. The molecular weight excluding hydrogens is 334 g/mol. The molecule has 1 heterocycles. The average molecular weight is 349 g/mol. The molecule has 0 aromatic heterocycles. The average Bonchev–Trinajstić information content (AvgIpc) is 2.94. The second kappa shape index (κ2) is 6.89. The van der Waals surface area contributed by atoms with Crippen molar-refractivity contribution < 1.29 is 12.7 Å². The van der Waals surface area contributed by atoms with Gasteiger partial charge < -0.3 is 4.90 Å². The van der Waals surface area contributed by atoms with Gasteiger partial charge in [0.15, 0.2) is 0 Å². The predicted molar refractivity (Wildman–Crippen MR) is 93.4 cm³/mol. The van der Waals surface area contributed by atoms with Gasteiger partial charge >= 0.3 is 10.1 Å². The van der Waals surface area contributed by atoms with E-state index in [1.165, 1.54) is 11.8 Å². The van der Waals surface area contributed by atoms with E-state index in [-0.39, 0.29) is 0 Å². The van der Waals surface area contributed by atoms with E-state index in [0.717, 1.165) is 17.5 Å². The highest BCUT2D eigenvalue weighted by Crippen LogP contribution is 2.34. The van der Waals surface area contributed by atoms with Crippen LogP contribution in [-0.4, -0.2) is 33.8 Å². The van der Waals surface area contributed by atoms with Crippen LogP contribution in [0.5, 0.6) is 0 Å². The van der Waals surface area contributed by atoms with E-state index < -0.39 is 10.1 Å². The van der Waals surface area contributed by atoms with Crippen LogP contribution in [0.25, 0.3) is 5.57 Å². The number of benzene rings is 1. The molecule has 1 aromatic carbocycles. The number of rotatable bonds is 4. The van der Waals surface area contributed by atoms with Crippen molar-refractivity contribution in [2.75, 3.05) is 25.3 Å². The van der Waals surface area contributed by atoms with Crippen molar-refractivity contribution in [1.29, 1.82) is 5.26 Å². The Morgan fingerprint density at radius 1 is 1.26 bits per heavy atom.